The normalized spacial score (nSPS) is 17.6. The lowest BCUT2D eigenvalue weighted by Crippen LogP contribution is -2.38. The number of piperidine rings is 2. The molecule has 1 atom stereocenters. The third-order valence-corrected chi connectivity index (χ3v) is 9.33. The van der Waals surface area contributed by atoms with Crippen LogP contribution in [0.3, 0.4) is 0 Å². The molecule has 12 nitrogen and oxygen atoms in total. The first kappa shape index (κ1) is 30.7. The molecule has 3 aliphatic heterocycles. The number of nitrogens with one attached hydrogen (secondary N) is 3. The topological polar surface area (TPSA) is 125 Å². The summed E-state index contributed by atoms with van der Waals surface area (Å²) < 4.78 is 7.87. The summed E-state index contributed by atoms with van der Waals surface area (Å²) in [6, 6.07) is 24.7. The number of fused-ring (bicyclic) bond motifs is 1. The molecule has 3 aliphatic rings. The molecule has 3 N–H and O–H groups in total. The van der Waals surface area contributed by atoms with Crippen molar-refractivity contribution in [1.29, 1.82) is 0 Å². The number of para-hydroxylation sites is 1. The van der Waals surface area contributed by atoms with Crippen LogP contribution in [0, 0.1) is 6.92 Å². The zero-order chi connectivity index (χ0) is 33.2. The Morgan fingerprint density at radius 1 is 0.755 bits per heavy atom. The van der Waals surface area contributed by atoms with E-state index in [1.54, 1.807) is 4.68 Å². The number of benzene rings is 3. The molecular weight excluding hydrogens is 616 g/mol. The molecule has 2 amide bonds. The maximum atomic E-state index is 13.0. The van der Waals surface area contributed by atoms with Crippen molar-refractivity contribution >= 4 is 35.4 Å². The van der Waals surface area contributed by atoms with E-state index in [9.17, 15) is 4.79 Å². The third kappa shape index (κ3) is 6.58. The Bertz CT molecular complexity index is 1900. The van der Waals surface area contributed by atoms with Crippen molar-refractivity contribution in [3.05, 3.63) is 95.7 Å². The highest BCUT2D eigenvalue weighted by molar-refractivity contribution is 5.93. The molecule has 0 radical (unpaired) electrons. The van der Waals surface area contributed by atoms with Crippen LogP contribution in [-0.4, -0.2) is 56.9 Å². The van der Waals surface area contributed by atoms with Gasteiger partial charge in [0, 0.05) is 37.4 Å². The van der Waals surface area contributed by atoms with Gasteiger partial charge in [-0.2, -0.15) is 20.1 Å². The van der Waals surface area contributed by atoms with Crippen LogP contribution in [0.15, 0.2) is 78.9 Å². The summed E-state index contributed by atoms with van der Waals surface area (Å²) in [7, 11) is 0. The Kier molecular flexibility index (Phi) is 8.42. The number of carbonyl (C=O) groups is 1. The van der Waals surface area contributed by atoms with E-state index in [1.807, 2.05) is 85.8 Å². The molecule has 1 unspecified atom stereocenters. The van der Waals surface area contributed by atoms with Gasteiger partial charge in [0.15, 0.2) is 0 Å². The molecule has 2 saturated heterocycles. The predicted molar refractivity (Wildman–Crippen MR) is 190 cm³/mol. The summed E-state index contributed by atoms with van der Waals surface area (Å²) in [5.41, 5.74) is 4.28. The predicted octanol–water partition coefficient (Wildman–Crippen LogP) is 7.11. The van der Waals surface area contributed by atoms with Crippen molar-refractivity contribution in [2.45, 2.75) is 51.5 Å². The minimum atomic E-state index is -0.398. The summed E-state index contributed by atoms with van der Waals surface area (Å²) in [6.07, 6.45) is 7.09. The lowest BCUT2D eigenvalue weighted by atomic mass is 9.97. The Labute approximate surface area is 285 Å². The van der Waals surface area contributed by atoms with Gasteiger partial charge < -0.3 is 25.2 Å². The number of aromatic nitrogens is 5. The number of urea groups is 1. The quantitative estimate of drug-likeness (QED) is 0.160. The highest BCUT2D eigenvalue weighted by atomic mass is 16.5. The largest absolute Gasteiger partial charge is 0.457 e. The monoisotopic (exact) mass is 656 g/mol. The molecule has 2 fully saturated rings. The van der Waals surface area contributed by atoms with Crippen molar-refractivity contribution in [2.75, 3.05) is 46.6 Å². The van der Waals surface area contributed by atoms with Crippen LogP contribution in [-0.2, 0) is 0 Å². The summed E-state index contributed by atoms with van der Waals surface area (Å²) >= 11 is 0. The van der Waals surface area contributed by atoms with Crippen LogP contribution in [0.25, 0.3) is 5.69 Å². The van der Waals surface area contributed by atoms with E-state index < -0.39 is 6.04 Å². The van der Waals surface area contributed by atoms with Crippen molar-refractivity contribution in [3.63, 3.8) is 0 Å². The molecule has 0 aliphatic carbocycles. The minimum absolute atomic E-state index is 0.296. The molecule has 49 heavy (non-hydrogen) atoms. The second-order valence-electron chi connectivity index (χ2n) is 12.8. The summed E-state index contributed by atoms with van der Waals surface area (Å²) in [4.78, 5) is 32.1. The highest BCUT2D eigenvalue weighted by Gasteiger charge is 2.32. The smallest absolute Gasteiger partial charge is 0.321 e. The highest BCUT2D eigenvalue weighted by Crippen LogP contribution is 2.37. The van der Waals surface area contributed by atoms with Gasteiger partial charge in [0.2, 0.25) is 17.8 Å². The molecule has 0 spiro atoms. The van der Waals surface area contributed by atoms with E-state index in [1.165, 1.54) is 12.8 Å². The van der Waals surface area contributed by atoms with E-state index >= 15 is 0 Å². The average molecular weight is 657 g/mol. The van der Waals surface area contributed by atoms with E-state index in [0.29, 0.717) is 17.5 Å². The fourth-order valence-corrected chi connectivity index (χ4v) is 6.87. The zero-order valence-corrected chi connectivity index (χ0v) is 27.6. The molecule has 12 heteroatoms. The SMILES string of the molecule is Cc1nn(-c2ccc(Nc3nc(N4CCCCC4)nc(N4CCCCC4)n3)cc2)c2c1C(c1cccc(Oc3ccccc3)c1)NC(=O)N2. The van der Waals surface area contributed by atoms with Gasteiger partial charge in [-0.05, 0) is 99.5 Å². The second-order valence-corrected chi connectivity index (χ2v) is 12.8. The van der Waals surface area contributed by atoms with Crippen LogP contribution in [0.4, 0.5) is 34.1 Å². The first-order chi connectivity index (χ1) is 24.1. The number of nitrogens with zero attached hydrogens (tertiary/aromatic N) is 7. The van der Waals surface area contributed by atoms with Gasteiger partial charge in [0.1, 0.15) is 17.3 Å². The lowest BCUT2D eigenvalue weighted by molar-refractivity contribution is 0.248. The number of rotatable bonds is 8. The molecule has 8 rings (SSSR count). The second kappa shape index (κ2) is 13.5. The first-order valence-electron chi connectivity index (χ1n) is 17.2. The number of carbonyl (C=O) groups excluding carboxylic acids is 1. The van der Waals surface area contributed by atoms with Gasteiger partial charge in [-0.1, -0.05) is 30.3 Å². The Morgan fingerprint density at radius 3 is 2.08 bits per heavy atom. The number of ether oxygens (including phenoxy) is 1. The standard InChI is InChI=1S/C37H40N10O2/c1-25-31-32(26-12-11-15-30(24-26)49-29-13-5-2-6-14-29)39-37(48)40-33(31)47(44-25)28-18-16-27(17-19-28)38-34-41-35(45-20-7-3-8-21-45)43-36(42-34)46-22-9-4-10-23-46/h2,5-6,11-19,24,32H,3-4,7-10,20-23H2,1H3,(H2,39,40,48)(H,38,41,42,43). The Morgan fingerprint density at radius 2 is 1.41 bits per heavy atom. The maximum absolute atomic E-state index is 13.0. The molecule has 2 aromatic heterocycles. The number of amides is 2. The van der Waals surface area contributed by atoms with Crippen LogP contribution in [0.2, 0.25) is 0 Å². The van der Waals surface area contributed by atoms with Gasteiger partial charge in [-0.25, -0.2) is 9.48 Å². The van der Waals surface area contributed by atoms with Crippen LogP contribution in [0.1, 0.15) is 61.4 Å². The number of aryl methyl sites for hydroxylation is 1. The molecule has 5 aromatic rings. The molecule has 5 heterocycles. The van der Waals surface area contributed by atoms with Gasteiger partial charge in [0.05, 0.1) is 17.4 Å². The molecule has 250 valence electrons. The number of hydrogen-bond acceptors (Lipinski definition) is 9. The van der Waals surface area contributed by atoms with E-state index in [-0.39, 0.29) is 6.03 Å². The Hall–Kier alpha value is -5.65. The molecular formula is C37H40N10O2. The van der Waals surface area contributed by atoms with Gasteiger partial charge in [0.25, 0.3) is 0 Å². The molecule has 0 saturated carbocycles. The summed E-state index contributed by atoms with van der Waals surface area (Å²) in [5.74, 6) is 4.09. The van der Waals surface area contributed by atoms with Crippen LogP contribution in [0.5, 0.6) is 11.5 Å². The van der Waals surface area contributed by atoms with Gasteiger partial charge >= 0.3 is 6.03 Å². The third-order valence-electron chi connectivity index (χ3n) is 9.33. The first-order valence-corrected chi connectivity index (χ1v) is 17.2. The van der Waals surface area contributed by atoms with Crippen molar-refractivity contribution in [3.8, 4) is 17.2 Å². The van der Waals surface area contributed by atoms with Gasteiger partial charge in [-0.15, -0.1) is 0 Å². The number of anilines is 5. The lowest BCUT2D eigenvalue weighted by Gasteiger charge is -2.30. The fourth-order valence-electron chi connectivity index (χ4n) is 6.87. The Balaban J connectivity index is 1.05. The zero-order valence-electron chi connectivity index (χ0n) is 27.6. The van der Waals surface area contributed by atoms with E-state index in [2.05, 4.69) is 25.8 Å². The summed E-state index contributed by atoms with van der Waals surface area (Å²) in [5, 5.41) is 14.4. The maximum Gasteiger partial charge on any atom is 0.321 e. The van der Waals surface area contributed by atoms with E-state index in [0.717, 1.165) is 97.7 Å². The fraction of sp³-hybridized carbons (Fsp3) is 0.324. The number of hydrogen-bond donors (Lipinski definition) is 3. The van der Waals surface area contributed by atoms with Crippen molar-refractivity contribution in [1.82, 2.24) is 30.0 Å². The average Bonchev–Trinajstić information content (AvgIpc) is 3.48. The minimum Gasteiger partial charge on any atom is -0.457 e. The van der Waals surface area contributed by atoms with Crippen LogP contribution < -0.4 is 30.5 Å². The molecule has 3 aromatic carbocycles. The summed E-state index contributed by atoms with van der Waals surface area (Å²) in [6.45, 7) is 5.81. The van der Waals surface area contributed by atoms with Crippen molar-refractivity contribution < 1.29 is 9.53 Å². The van der Waals surface area contributed by atoms with Gasteiger partial charge in [-0.3, -0.25) is 5.32 Å². The van der Waals surface area contributed by atoms with E-state index in [4.69, 9.17) is 24.8 Å². The molecule has 0 bridgehead atoms. The van der Waals surface area contributed by atoms with Crippen molar-refractivity contribution in [2.24, 2.45) is 0 Å². The van der Waals surface area contributed by atoms with Crippen LogP contribution >= 0.6 is 0 Å².